The van der Waals surface area contributed by atoms with E-state index in [1.165, 1.54) is 15.6 Å². The highest BCUT2D eigenvalue weighted by atomic mass is 32.2. The second kappa shape index (κ2) is 8.43. The Morgan fingerprint density at radius 1 is 1.24 bits per heavy atom. The van der Waals surface area contributed by atoms with Gasteiger partial charge in [0.2, 0.25) is 15.9 Å². The topological polar surface area (TPSA) is 79.4 Å². The van der Waals surface area contributed by atoms with Gasteiger partial charge in [-0.15, -0.1) is 11.8 Å². The number of benzene rings is 2. The Balaban J connectivity index is 1.48. The van der Waals surface area contributed by atoms with Crippen molar-refractivity contribution in [2.75, 3.05) is 24.7 Å². The fourth-order valence-electron chi connectivity index (χ4n) is 3.41. The molecular weight excluding hydrogens is 426 g/mol. The molecule has 6 nitrogen and oxygen atoms in total. The highest BCUT2D eigenvalue weighted by molar-refractivity contribution is 7.98. The van der Waals surface area contributed by atoms with E-state index in [1.54, 1.807) is 42.1 Å². The van der Waals surface area contributed by atoms with Gasteiger partial charge < -0.3 is 5.32 Å². The highest BCUT2D eigenvalue weighted by Crippen LogP contribution is 2.30. The fraction of sp³-hybridized carbons (Fsp3) is 0.300. The molecule has 2 aromatic carbocycles. The summed E-state index contributed by atoms with van der Waals surface area (Å²) in [5.41, 5.74) is 0.847. The number of hydrogen-bond donors (Lipinski definition) is 1. The number of amides is 1. The van der Waals surface area contributed by atoms with E-state index < -0.39 is 15.9 Å². The number of hydrogen-bond acceptors (Lipinski definition) is 6. The summed E-state index contributed by atoms with van der Waals surface area (Å²) in [5.74, 6) is -0.571. The van der Waals surface area contributed by atoms with Crippen molar-refractivity contribution in [1.82, 2.24) is 9.29 Å². The van der Waals surface area contributed by atoms with E-state index in [9.17, 15) is 13.2 Å². The molecule has 0 spiro atoms. The monoisotopic (exact) mass is 447 g/mol. The van der Waals surface area contributed by atoms with Gasteiger partial charge in [-0.25, -0.2) is 13.4 Å². The van der Waals surface area contributed by atoms with Crippen molar-refractivity contribution in [3.05, 3.63) is 48.5 Å². The molecular formula is C20H21N3O3S3. The Kier molecular flexibility index (Phi) is 5.91. The van der Waals surface area contributed by atoms with Crippen molar-refractivity contribution in [1.29, 1.82) is 0 Å². The predicted molar refractivity (Wildman–Crippen MR) is 118 cm³/mol. The molecule has 1 fully saturated rings. The van der Waals surface area contributed by atoms with E-state index in [1.807, 2.05) is 18.4 Å². The summed E-state index contributed by atoms with van der Waals surface area (Å²) in [6, 6.07) is 14.4. The standard InChI is InChI=1S/C20H21N3O3S3/c1-27-15-9-10-17-18(12-15)28-20(21-17)22-19(24)14-6-5-11-23(13-14)29(25,26)16-7-3-2-4-8-16/h2-4,7-10,12,14H,5-6,11,13H2,1H3,(H,21,22,24). The minimum atomic E-state index is -3.59. The molecule has 1 atom stereocenters. The molecule has 0 bridgehead atoms. The first-order valence-corrected chi connectivity index (χ1v) is 12.8. The van der Waals surface area contributed by atoms with Gasteiger partial charge in [-0.2, -0.15) is 4.31 Å². The summed E-state index contributed by atoms with van der Waals surface area (Å²) in [7, 11) is -3.59. The Bertz CT molecular complexity index is 1130. The molecule has 1 amide bonds. The van der Waals surface area contributed by atoms with Crippen molar-refractivity contribution >= 4 is 54.4 Å². The van der Waals surface area contributed by atoms with Crippen LogP contribution in [0.3, 0.4) is 0 Å². The zero-order chi connectivity index (χ0) is 20.4. The number of rotatable bonds is 5. The van der Waals surface area contributed by atoms with Gasteiger partial charge in [-0.05, 0) is 49.4 Å². The number of carbonyl (C=O) groups excluding carboxylic acids is 1. The Hall–Kier alpha value is -1.94. The van der Waals surface area contributed by atoms with Gasteiger partial charge in [0.25, 0.3) is 0 Å². The maximum absolute atomic E-state index is 12.9. The zero-order valence-corrected chi connectivity index (χ0v) is 18.3. The third-order valence-electron chi connectivity index (χ3n) is 4.96. The molecule has 1 unspecified atom stereocenters. The lowest BCUT2D eigenvalue weighted by atomic mass is 9.99. The van der Waals surface area contributed by atoms with E-state index >= 15 is 0 Å². The SMILES string of the molecule is CSc1ccc2nc(NC(=O)C3CCCN(S(=O)(=O)c4ccccc4)C3)sc2c1. The van der Waals surface area contributed by atoms with Crippen LogP contribution in [0.4, 0.5) is 5.13 Å². The smallest absolute Gasteiger partial charge is 0.243 e. The maximum atomic E-state index is 12.9. The summed E-state index contributed by atoms with van der Waals surface area (Å²) in [4.78, 5) is 18.7. The van der Waals surface area contributed by atoms with Gasteiger partial charge in [-0.1, -0.05) is 29.5 Å². The molecule has 9 heteroatoms. The van der Waals surface area contributed by atoms with Crippen molar-refractivity contribution in [3.8, 4) is 0 Å². The van der Waals surface area contributed by atoms with E-state index in [-0.39, 0.29) is 17.3 Å². The van der Waals surface area contributed by atoms with E-state index in [0.717, 1.165) is 15.1 Å². The average molecular weight is 448 g/mol. The van der Waals surface area contributed by atoms with Crippen molar-refractivity contribution in [2.24, 2.45) is 5.92 Å². The van der Waals surface area contributed by atoms with Crippen LogP contribution in [0.1, 0.15) is 12.8 Å². The van der Waals surface area contributed by atoms with E-state index in [4.69, 9.17) is 0 Å². The predicted octanol–water partition coefficient (Wildman–Crippen LogP) is 4.06. The molecule has 1 saturated heterocycles. The number of nitrogens with one attached hydrogen (secondary N) is 1. The maximum Gasteiger partial charge on any atom is 0.243 e. The molecule has 1 N–H and O–H groups in total. The van der Waals surface area contributed by atoms with Gasteiger partial charge in [0.05, 0.1) is 21.0 Å². The zero-order valence-electron chi connectivity index (χ0n) is 15.9. The number of aromatic nitrogens is 1. The lowest BCUT2D eigenvalue weighted by Gasteiger charge is -2.31. The fourth-order valence-corrected chi connectivity index (χ4v) is 6.38. The molecule has 4 rings (SSSR count). The largest absolute Gasteiger partial charge is 0.302 e. The van der Waals surface area contributed by atoms with Gasteiger partial charge >= 0.3 is 0 Å². The number of fused-ring (bicyclic) bond motifs is 1. The number of carbonyl (C=O) groups is 1. The highest BCUT2D eigenvalue weighted by Gasteiger charge is 2.33. The Morgan fingerprint density at radius 3 is 2.79 bits per heavy atom. The van der Waals surface area contributed by atoms with Crippen LogP contribution in [0.2, 0.25) is 0 Å². The van der Waals surface area contributed by atoms with Crippen LogP contribution < -0.4 is 5.32 Å². The number of thioether (sulfide) groups is 1. The second-order valence-corrected chi connectivity index (χ2v) is 10.7. The minimum absolute atomic E-state index is 0.179. The summed E-state index contributed by atoms with van der Waals surface area (Å²) < 4.78 is 28.2. The summed E-state index contributed by atoms with van der Waals surface area (Å²) in [6.07, 6.45) is 3.33. The molecule has 29 heavy (non-hydrogen) atoms. The average Bonchev–Trinajstić information content (AvgIpc) is 3.15. The minimum Gasteiger partial charge on any atom is -0.302 e. The molecule has 1 aromatic heterocycles. The van der Waals surface area contributed by atoms with Crippen LogP contribution in [0.15, 0.2) is 58.3 Å². The number of anilines is 1. The van der Waals surface area contributed by atoms with Crippen LogP contribution >= 0.6 is 23.1 Å². The summed E-state index contributed by atoms with van der Waals surface area (Å²) >= 11 is 3.09. The van der Waals surface area contributed by atoms with Crippen LogP contribution in [-0.2, 0) is 14.8 Å². The number of thiazole rings is 1. The number of sulfonamides is 1. The molecule has 1 aliphatic heterocycles. The molecule has 0 saturated carbocycles. The lowest BCUT2D eigenvalue weighted by Crippen LogP contribution is -2.43. The van der Waals surface area contributed by atoms with E-state index in [2.05, 4.69) is 16.4 Å². The Morgan fingerprint density at radius 2 is 2.03 bits per heavy atom. The number of piperidine rings is 1. The first-order valence-electron chi connectivity index (χ1n) is 9.28. The van der Waals surface area contributed by atoms with Crippen molar-refractivity contribution in [2.45, 2.75) is 22.6 Å². The van der Waals surface area contributed by atoms with Gasteiger partial charge in [-0.3, -0.25) is 4.79 Å². The van der Waals surface area contributed by atoms with Gasteiger partial charge in [0.1, 0.15) is 0 Å². The van der Waals surface area contributed by atoms with Crippen molar-refractivity contribution in [3.63, 3.8) is 0 Å². The lowest BCUT2D eigenvalue weighted by molar-refractivity contribution is -0.120. The first kappa shape index (κ1) is 20.3. The second-order valence-electron chi connectivity index (χ2n) is 6.86. The molecule has 2 heterocycles. The van der Waals surface area contributed by atoms with Crippen LogP contribution in [0.25, 0.3) is 10.2 Å². The quantitative estimate of drug-likeness (QED) is 0.597. The third kappa shape index (κ3) is 4.32. The van der Waals surface area contributed by atoms with Gasteiger partial charge in [0, 0.05) is 18.0 Å². The molecule has 0 radical (unpaired) electrons. The molecule has 152 valence electrons. The Labute approximate surface area is 178 Å². The van der Waals surface area contributed by atoms with Gasteiger partial charge in [0.15, 0.2) is 5.13 Å². The summed E-state index contributed by atoms with van der Waals surface area (Å²) in [5, 5.41) is 3.44. The van der Waals surface area contributed by atoms with Crippen LogP contribution in [0, 0.1) is 5.92 Å². The summed E-state index contributed by atoms with van der Waals surface area (Å²) in [6.45, 7) is 0.615. The third-order valence-corrected chi connectivity index (χ3v) is 8.50. The number of nitrogens with zero attached hydrogens (tertiary/aromatic N) is 2. The van der Waals surface area contributed by atoms with Crippen LogP contribution in [0.5, 0.6) is 0 Å². The van der Waals surface area contributed by atoms with Crippen molar-refractivity contribution < 1.29 is 13.2 Å². The molecule has 0 aliphatic carbocycles. The first-order chi connectivity index (χ1) is 14.0. The van der Waals surface area contributed by atoms with Crippen LogP contribution in [-0.4, -0.2) is 43.0 Å². The normalized spacial score (nSPS) is 18.0. The van der Waals surface area contributed by atoms with E-state index in [0.29, 0.717) is 24.5 Å². The molecule has 3 aromatic rings. The molecule has 1 aliphatic rings.